The van der Waals surface area contributed by atoms with Crippen LogP contribution < -0.4 is 0 Å². The molecule has 0 heterocycles. The van der Waals surface area contributed by atoms with Crippen LogP contribution in [0.4, 0.5) is 0 Å². The minimum Gasteiger partial charge on any atom is -0.429 e. The Hall–Kier alpha value is 0.425. The van der Waals surface area contributed by atoms with Crippen molar-refractivity contribution in [3.63, 3.8) is 0 Å². The number of alkyl halides is 1. The van der Waals surface area contributed by atoms with Gasteiger partial charge in [0.25, 0.3) is 0 Å². The van der Waals surface area contributed by atoms with E-state index in [2.05, 4.69) is 43.6 Å². The smallest absolute Gasteiger partial charge is 0.429 e. The van der Waals surface area contributed by atoms with E-state index in [1.165, 1.54) is 0 Å². The summed E-state index contributed by atoms with van der Waals surface area (Å²) in [6.45, 7) is 10.5. The van der Waals surface area contributed by atoms with Crippen molar-refractivity contribution in [3.8, 4) is 0 Å². The predicted octanol–water partition coefficient (Wildman–Crippen LogP) is 2.50. The Bertz CT molecular complexity index is 355. The third-order valence-corrected chi connectivity index (χ3v) is 7.64. The van der Waals surface area contributed by atoms with Gasteiger partial charge in [0.2, 0.25) is 0 Å². The summed E-state index contributed by atoms with van der Waals surface area (Å²) in [4.78, 5) is 0.253. The van der Waals surface area contributed by atoms with Crippen LogP contribution in [0.5, 0.6) is 0 Å². The van der Waals surface area contributed by atoms with Gasteiger partial charge in [-0.3, -0.25) is 0 Å². The molecular formula is C14H25BBrO3. The van der Waals surface area contributed by atoms with Gasteiger partial charge in [-0.1, -0.05) is 43.6 Å². The van der Waals surface area contributed by atoms with E-state index in [4.69, 9.17) is 9.68 Å². The Morgan fingerprint density at radius 1 is 1.32 bits per heavy atom. The Kier molecular flexibility index (Phi) is 3.93. The molecule has 0 saturated heterocycles. The zero-order chi connectivity index (χ0) is 14.6. The zero-order valence-electron chi connectivity index (χ0n) is 12.5. The topological polar surface area (TPSA) is 49.7 Å². The van der Waals surface area contributed by atoms with E-state index in [1.807, 2.05) is 6.92 Å². The summed E-state index contributed by atoms with van der Waals surface area (Å²) in [6.07, 6.45) is 1.82. The molecule has 3 aliphatic carbocycles. The summed E-state index contributed by atoms with van der Waals surface area (Å²) in [5.41, 5.74) is -1.75. The van der Waals surface area contributed by atoms with Gasteiger partial charge in [-0.05, 0) is 37.0 Å². The second kappa shape index (κ2) is 4.72. The Balaban J connectivity index is 2.36. The molecule has 2 bridgehead atoms. The number of rotatable bonds is 4. The van der Waals surface area contributed by atoms with Crippen molar-refractivity contribution in [1.29, 1.82) is 0 Å². The average molecular weight is 332 g/mol. The highest BCUT2D eigenvalue weighted by Gasteiger charge is 2.74. The van der Waals surface area contributed by atoms with E-state index in [-0.39, 0.29) is 16.2 Å². The van der Waals surface area contributed by atoms with Crippen molar-refractivity contribution >= 4 is 23.6 Å². The molecule has 0 spiro atoms. The van der Waals surface area contributed by atoms with E-state index >= 15 is 0 Å². The standard InChI is InChI=1S/C14H25BBrO3/c1-8(2)11(16)10-6-9-7-14(19-15-18,12(9,3)4)13(10,5)17/h8-11,17-18H,6-7H2,1-5H3. The van der Waals surface area contributed by atoms with Crippen molar-refractivity contribution in [1.82, 2.24) is 0 Å². The van der Waals surface area contributed by atoms with Gasteiger partial charge in [0.05, 0.1) is 11.2 Å². The molecule has 0 amide bonds. The van der Waals surface area contributed by atoms with E-state index in [0.717, 1.165) is 20.5 Å². The Morgan fingerprint density at radius 2 is 1.89 bits per heavy atom. The lowest BCUT2D eigenvalue weighted by Gasteiger charge is -2.73. The number of fused-ring (bicyclic) bond motifs is 2. The van der Waals surface area contributed by atoms with Crippen LogP contribution in [-0.4, -0.2) is 33.8 Å². The molecule has 19 heavy (non-hydrogen) atoms. The minimum atomic E-state index is -0.955. The van der Waals surface area contributed by atoms with Crippen LogP contribution in [0.15, 0.2) is 0 Å². The highest BCUT2D eigenvalue weighted by atomic mass is 79.9. The summed E-state index contributed by atoms with van der Waals surface area (Å²) in [7, 11) is 0.757. The molecule has 5 heteroatoms. The van der Waals surface area contributed by atoms with Gasteiger partial charge < -0.3 is 14.8 Å². The molecule has 0 aromatic heterocycles. The number of hydrogen-bond acceptors (Lipinski definition) is 3. The van der Waals surface area contributed by atoms with Crippen molar-refractivity contribution in [2.45, 2.75) is 63.5 Å². The molecule has 0 aliphatic heterocycles. The molecule has 3 rings (SSSR count). The fourth-order valence-electron chi connectivity index (χ4n) is 4.45. The average Bonchev–Trinajstić information content (AvgIpc) is 2.29. The summed E-state index contributed by atoms with van der Waals surface area (Å²) in [6, 6.07) is 0. The van der Waals surface area contributed by atoms with E-state index in [0.29, 0.717) is 11.8 Å². The molecule has 109 valence electrons. The molecular weight excluding hydrogens is 307 g/mol. The van der Waals surface area contributed by atoms with E-state index in [1.54, 1.807) is 0 Å². The predicted molar refractivity (Wildman–Crippen MR) is 80.0 cm³/mol. The second-order valence-electron chi connectivity index (χ2n) is 7.35. The highest BCUT2D eigenvalue weighted by molar-refractivity contribution is 9.09. The summed E-state index contributed by atoms with van der Waals surface area (Å²) >= 11 is 3.75. The normalized spacial score (nSPS) is 45.7. The second-order valence-corrected chi connectivity index (χ2v) is 8.41. The Morgan fingerprint density at radius 3 is 2.32 bits per heavy atom. The molecule has 2 N–H and O–H groups in total. The number of halogens is 1. The minimum absolute atomic E-state index is 0.115. The Labute approximate surface area is 125 Å². The van der Waals surface area contributed by atoms with Crippen LogP contribution in [0.2, 0.25) is 0 Å². The van der Waals surface area contributed by atoms with Crippen LogP contribution in [0.1, 0.15) is 47.5 Å². The van der Waals surface area contributed by atoms with Gasteiger partial charge in [0.1, 0.15) is 0 Å². The van der Waals surface area contributed by atoms with E-state index < -0.39 is 11.2 Å². The quantitative estimate of drug-likeness (QED) is 0.614. The van der Waals surface area contributed by atoms with E-state index in [9.17, 15) is 5.11 Å². The third-order valence-electron chi connectivity index (χ3n) is 5.95. The van der Waals surface area contributed by atoms with Crippen molar-refractivity contribution in [2.75, 3.05) is 0 Å². The molecule has 5 atom stereocenters. The maximum Gasteiger partial charge on any atom is 0.485 e. The van der Waals surface area contributed by atoms with Crippen molar-refractivity contribution in [2.24, 2.45) is 23.2 Å². The van der Waals surface area contributed by atoms with Crippen LogP contribution in [-0.2, 0) is 4.65 Å². The largest absolute Gasteiger partial charge is 0.485 e. The van der Waals surface area contributed by atoms with Crippen molar-refractivity contribution in [3.05, 3.63) is 0 Å². The molecule has 5 unspecified atom stereocenters. The monoisotopic (exact) mass is 331 g/mol. The first-order valence-corrected chi connectivity index (χ1v) is 8.03. The fourth-order valence-corrected chi connectivity index (χ4v) is 5.18. The van der Waals surface area contributed by atoms with Gasteiger partial charge in [-0.25, -0.2) is 0 Å². The van der Waals surface area contributed by atoms with Gasteiger partial charge in [-0.2, -0.15) is 0 Å². The number of hydrogen-bond donors (Lipinski definition) is 2. The lowest BCUT2D eigenvalue weighted by atomic mass is 9.38. The first-order chi connectivity index (χ1) is 8.62. The summed E-state index contributed by atoms with van der Waals surface area (Å²) < 4.78 is 5.59. The lowest BCUT2D eigenvalue weighted by Crippen LogP contribution is -2.79. The maximum absolute atomic E-state index is 11.2. The molecule has 3 saturated carbocycles. The van der Waals surface area contributed by atoms with Gasteiger partial charge >= 0.3 is 7.69 Å². The lowest BCUT2D eigenvalue weighted by molar-refractivity contribution is -0.323. The summed E-state index contributed by atoms with van der Waals surface area (Å²) in [5.74, 6) is 1.13. The number of aliphatic hydroxyl groups is 1. The first-order valence-electron chi connectivity index (χ1n) is 7.12. The summed E-state index contributed by atoms with van der Waals surface area (Å²) in [5, 5.41) is 20.3. The first kappa shape index (κ1) is 15.8. The molecule has 3 aliphatic rings. The van der Waals surface area contributed by atoms with Crippen LogP contribution in [0.3, 0.4) is 0 Å². The molecule has 3 fully saturated rings. The maximum atomic E-state index is 11.2. The third kappa shape index (κ3) is 1.88. The molecule has 0 aromatic carbocycles. The van der Waals surface area contributed by atoms with Gasteiger partial charge in [0.15, 0.2) is 0 Å². The zero-order valence-corrected chi connectivity index (χ0v) is 14.1. The SMILES string of the molecule is CC(C)C(Br)C1CC2CC(O[B]O)(C2(C)C)C1(C)O. The molecule has 1 radical (unpaired) electrons. The fraction of sp³-hybridized carbons (Fsp3) is 1.00. The molecule has 3 nitrogen and oxygen atoms in total. The van der Waals surface area contributed by atoms with Crippen LogP contribution in [0, 0.1) is 23.2 Å². The highest BCUT2D eigenvalue weighted by Crippen LogP contribution is 2.69. The van der Waals surface area contributed by atoms with Gasteiger partial charge in [-0.15, -0.1) is 0 Å². The van der Waals surface area contributed by atoms with Crippen LogP contribution in [0.25, 0.3) is 0 Å². The van der Waals surface area contributed by atoms with Gasteiger partial charge in [0, 0.05) is 10.7 Å². The van der Waals surface area contributed by atoms with Crippen LogP contribution >= 0.6 is 15.9 Å². The van der Waals surface area contributed by atoms with Crippen molar-refractivity contribution < 1.29 is 14.8 Å². The molecule has 0 aromatic rings.